The summed E-state index contributed by atoms with van der Waals surface area (Å²) in [6.45, 7) is 10.5. The maximum absolute atomic E-state index is 4.46. The molecule has 0 bridgehead atoms. The zero-order chi connectivity index (χ0) is 13.0. The summed E-state index contributed by atoms with van der Waals surface area (Å²) < 4.78 is 1.96. The van der Waals surface area contributed by atoms with Crippen molar-refractivity contribution in [1.82, 2.24) is 15.1 Å². The average molecular weight is 235 g/mol. The van der Waals surface area contributed by atoms with Gasteiger partial charge in [-0.25, -0.2) is 0 Å². The van der Waals surface area contributed by atoms with E-state index in [4.69, 9.17) is 0 Å². The molecule has 1 unspecified atom stereocenters. The van der Waals surface area contributed by atoms with Crippen molar-refractivity contribution in [2.45, 2.75) is 46.1 Å². The molecule has 1 rings (SSSR count). The Balaban J connectivity index is 2.77. The zero-order valence-electron chi connectivity index (χ0n) is 11.8. The molecule has 0 amide bonds. The first kappa shape index (κ1) is 14.0. The third-order valence-corrected chi connectivity index (χ3v) is 3.55. The first-order valence-corrected chi connectivity index (χ1v) is 6.32. The van der Waals surface area contributed by atoms with Gasteiger partial charge >= 0.3 is 0 Å². The first-order valence-electron chi connectivity index (χ1n) is 6.32. The van der Waals surface area contributed by atoms with Gasteiger partial charge in [-0.2, -0.15) is 5.10 Å². The fraction of sp³-hybridized carbons (Fsp3) is 0.643. The number of nitrogens with zero attached hydrogens (tertiary/aromatic N) is 2. The van der Waals surface area contributed by atoms with Gasteiger partial charge in [0.05, 0.1) is 5.69 Å². The van der Waals surface area contributed by atoms with Gasteiger partial charge in [-0.3, -0.25) is 4.68 Å². The van der Waals surface area contributed by atoms with E-state index in [2.05, 4.69) is 37.8 Å². The molecule has 0 saturated heterocycles. The van der Waals surface area contributed by atoms with Crippen LogP contribution in [0.4, 0.5) is 0 Å². The molecule has 1 aromatic heterocycles. The van der Waals surface area contributed by atoms with E-state index < -0.39 is 0 Å². The second kappa shape index (κ2) is 6.01. The molecular formula is C14H25N3. The van der Waals surface area contributed by atoms with Gasteiger partial charge in [0.25, 0.3) is 0 Å². The fourth-order valence-electron chi connectivity index (χ4n) is 2.13. The highest BCUT2D eigenvalue weighted by atomic mass is 15.3. The third kappa shape index (κ3) is 3.43. The van der Waals surface area contributed by atoms with Crippen molar-refractivity contribution in [2.24, 2.45) is 7.05 Å². The molecule has 0 aliphatic heterocycles. The number of aromatic nitrogens is 2. The van der Waals surface area contributed by atoms with Crippen molar-refractivity contribution in [3.8, 4) is 0 Å². The Bertz CT molecular complexity index is 390. The summed E-state index contributed by atoms with van der Waals surface area (Å²) in [5.74, 6) is 0. The molecule has 1 atom stereocenters. The van der Waals surface area contributed by atoms with E-state index in [-0.39, 0.29) is 0 Å². The van der Waals surface area contributed by atoms with E-state index >= 15 is 0 Å². The highest BCUT2D eigenvalue weighted by Crippen LogP contribution is 2.17. The van der Waals surface area contributed by atoms with Crippen LogP contribution in [0.3, 0.4) is 0 Å². The molecule has 96 valence electrons. The Morgan fingerprint density at radius 3 is 2.53 bits per heavy atom. The highest BCUT2D eigenvalue weighted by Gasteiger charge is 2.15. The van der Waals surface area contributed by atoms with Gasteiger partial charge < -0.3 is 5.32 Å². The Labute approximate surface area is 105 Å². The predicted octanol–water partition coefficient (Wildman–Crippen LogP) is 2.52. The number of nitrogens with one attached hydrogen (secondary N) is 1. The van der Waals surface area contributed by atoms with Crippen molar-refractivity contribution < 1.29 is 0 Å². The predicted molar refractivity (Wildman–Crippen MR) is 73.3 cm³/mol. The zero-order valence-corrected chi connectivity index (χ0v) is 11.8. The maximum Gasteiger partial charge on any atom is 0.0628 e. The van der Waals surface area contributed by atoms with Crippen molar-refractivity contribution >= 4 is 0 Å². The summed E-state index contributed by atoms with van der Waals surface area (Å²) in [6, 6.07) is 0.462. The van der Waals surface area contributed by atoms with E-state index in [1.165, 1.54) is 16.8 Å². The summed E-state index contributed by atoms with van der Waals surface area (Å²) in [6.07, 6.45) is 3.13. The number of hydrogen-bond acceptors (Lipinski definition) is 2. The second-order valence-electron chi connectivity index (χ2n) is 4.77. The SMILES string of the molecule is C=C(CC)CC(Cc1c(C)nn(C)c1C)NC. The molecule has 0 radical (unpaired) electrons. The molecule has 17 heavy (non-hydrogen) atoms. The molecule has 3 nitrogen and oxygen atoms in total. The monoisotopic (exact) mass is 235 g/mol. The molecule has 0 saturated carbocycles. The molecular weight excluding hydrogens is 210 g/mol. The minimum atomic E-state index is 0.462. The van der Waals surface area contributed by atoms with Gasteiger partial charge in [0.1, 0.15) is 0 Å². The maximum atomic E-state index is 4.46. The molecule has 0 aliphatic rings. The van der Waals surface area contributed by atoms with Gasteiger partial charge in [0, 0.05) is 18.8 Å². The quantitative estimate of drug-likeness (QED) is 0.768. The van der Waals surface area contributed by atoms with Crippen LogP contribution in [0.1, 0.15) is 36.7 Å². The number of aryl methyl sites for hydroxylation is 2. The molecule has 0 fully saturated rings. The smallest absolute Gasteiger partial charge is 0.0628 e. The van der Waals surface area contributed by atoms with Crippen LogP contribution in [-0.4, -0.2) is 22.9 Å². The largest absolute Gasteiger partial charge is 0.316 e. The van der Waals surface area contributed by atoms with Crippen LogP contribution in [0.15, 0.2) is 12.2 Å². The fourth-order valence-corrected chi connectivity index (χ4v) is 2.13. The van der Waals surface area contributed by atoms with Gasteiger partial charge in [0.15, 0.2) is 0 Å². The molecule has 0 spiro atoms. The molecule has 1 N–H and O–H groups in total. The topological polar surface area (TPSA) is 29.9 Å². The van der Waals surface area contributed by atoms with Crippen LogP contribution in [0.5, 0.6) is 0 Å². The average Bonchev–Trinajstić information content (AvgIpc) is 2.54. The van der Waals surface area contributed by atoms with E-state index in [0.29, 0.717) is 6.04 Å². The summed E-state index contributed by atoms with van der Waals surface area (Å²) in [5, 5.41) is 7.85. The van der Waals surface area contributed by atoms with Crippen LogP contribution >= 0.6 is 0 Å². The van der Waals surface area contributed by atoms with Crippen LogP contribution in [0, 0.1) is 13.8 Å². The lowest BCUT2D eigenvalue weighted by atomic mass is 9.97. The van der Waals surface area contributed by atoms with Gasteiger partial charge in [-0.15, -0.1) is 0 Å². The summed E-state index contributed by atoms with van der Waals surface area (Å²) in [4.78, 5) is 0. The molecule has 0 aromatic carbocycles. The highest BCUT2D eigenvalue weighted by molar-refractivity contribution is 5.25. The molecule has 0 aliphatic carbocycles. The van der Waals surface area contributed by atoms with Crippen LogP contribution in [0.2, 0.25) is 0 Å². The Morgan fingerprint density at radius 2 is 2.12 bits per heavy atom. The Morgan fingerprint density at radius 1 is 1.47 bits per heavy atom. The molecule has 3 heteroatoms. The summed E-state index contributed by atoms with van der Waals surface area (Å²) in [5.41, 5.74) is 5.09. The van der Waals surface area contributed by atoms with Crippen molar-refractivity contribution in [3.05, 3.63) is 29.1 Å². The van der Waals surface area contributed by atoms with E-state index in [0.717, 1.165) is 25.0 Å². The second-order valence-corrected chi connectivity index (χ2v) is 4.77. The van der Waals surface area contributed by atoms with Crippen molar-refractivity contribution in [2.75, 3.05) is 7.05 Å². The third-order valence-electron chi connectivity index (χ3n) is 3.55. The van der Waals surface area contributed by atoms with Gasteiger partial charge in [-0.05, 0) is 45.7 Å². The van der Waals surface area contributed by atoms with Crippen LogP contribution in [0.25, 0.3) is 0 Å². The molecule has 1 aromatic rings. The van der Waals surface area contributed by atoms with Gasteiger partial charge in [0.2, 0.25) is 0 Å². The summed E-state index contributed by atoms with van der Waals surface area (Å²) >= 11 is 0. The first-order chi connectivity index (χ1) is 7.99. The van der Waals surface area contributed by atoms with Crippen molar-refractivity contribution in [3.63, 3.8) is 0 Å². The number of rotatable bonds is 6. The normalized spacial score (nSPS) is 12.8. The lowest BCUT2D eigenvalue weighted by Crippen LogP contribution is -2.28. The minimum Gasteiger partial charge on any atom is -0.316 e. The summed E-state index contributed by atoms with van der Waals surface area (Å²) in [7, 11) is 4.03. The van der Waals surface area contributed by atoms with Crippen LogP contribution in [-0.2, 0) is 13.5 Å². The number of likely N-dealkylation sites (N-methyl/N-ethyl adjacent to an activating group) is 1. The Hall–Kier alpha value is -1.09. The van der Waals surface area contributed by atoms with E-state index in [9.17, 15) is 0 Å². The van der Waals surface area contributed by atoms with E-state index in [1.807, 2.05) is 18.8 Å². The van der Waals surface area contributed by atoms with Gasteiger partial charge in [-0.1, -0.05) is 19.1 Å². The number of hydrogen-bond donors (Lipinski definition) is 1. The molecule has 1 heterocycles. The van der Waals surface area contributed by atoms with E-state index in [1.54, 1.807) is 0 Å². The lowest BCUT2D eigenvalue weighted by Gasteiger charge is -2.17. The lowest BCUT2D eigenvalue weighted by molar-refractivity contribution is 0.546. The standard InChI is InChI=1S/C14H25N3/c1-7-10(2)8-13(15-5)9-14-11(3)16-17(6)12(14)4/h13,15H,2,7-9H2,1,3-6H3. The minimum absolute atomic E-state index is 0.462. The van der Waals surface area contributed by atoms with Crippen LogP contribution < -0.4 is 5.32 Å². The Kier molecular flexibility index (Phi) is 4.94. The van der Waals surface area contributed by atoms with Crippen molar-refractivity contribution in [1.29, 1.82) is 0 Å².